The predicted molar refractivity (Wildman–Crippen MR) is 111 cm³/mol. The Labute approximate surface area is 179 Å². The van der Waals surface area contributed by atoms with E-state index in [2.05, 4.69) is 11.4 Å². The molecule has 1 amide bonds. The number of nitrogens with zero attached hydrogens (tertiary/aromatic N) is 2. The van der Waals surface area contributed by atoms with Crippen molar-refractivity contribution in [1.82, 2.24) is 9.88 Å². The van der Waals surface area contributed by atoms with Gasteiger partial charge in [0.2, 0.25) is 5.91 Å². The molecular formula is C23H26F3N3O2. The summed E-state index contributed by atoms with van der Waals surface area (Å²) in [6.45, 7) is 0.0655. The number of amides is 1. The zero-order valence-corrected chi connectivity index (χ0v) is 17.3. The molecule has 0 saturated carbocycles. The normalized spacial score (nSPS) is 16.6. The summed E-state index contributed by atoms with van der Waals surface area (Å²) in [5.74, 6) is 1.07. The lowest BCUT2D eigenvalue weighted by Crippen LogP contribution is -2.37. The van der Waals surface area contributed by atoms with Crippen molar-refractivity contribution in [3.8, 4) is 5.75 Å². The average molecular weight is 433 g/mol. The van der Waals surface area contributed by atoms with E-state index in [4.69, 9.17) is 9.72 Å². The molecule has 2 aromatic rings. The Kier molecular flexibility index (Phi) is 6.34. The molecule has 1 N–H and O–H groups in total. The monoisotopic (exact) mass is 433 g/mol. The van der Waals surface area contributed by atoms with Crippen LogP contribution in [0.5, 0.6) is 5.75 Å². The number of benzene rings is 1. The zero-order valence-electron chi connectivity index (χ0n) is 17.3. The van der Waals surface area contributed by atoms with Crippen molar-refractivity contribution in [2.45, 2.75) is 51.2 Å². The molecule has 0 radical (unpaired) electrons. The van der Waals surface area contributed by atoms with Crippen molar-refractivity contribution in [2.24, 2.45) is 0 Å². The topological polar surface area (TPSA) is 54.5 Å². The van der Waals surface area contributed by atoms with Gasteiger partial charge < -0.3 is 15.0 Å². The Bertz CT molecular complexity index is 946. The molecule has 3 heterocycles. The SMILES string of the molecule is O=C1CCc2ccc(OCCc3ccc4c(n3)NCCCC4)cc2CN1CC(F)(F)F. The standard InChI is InChI=1S/C23H26F3N3O2/c24-23(25,26)15-29-14-18-13-20(8-5-16(18)6-9-21(29)30)31-12-10-19-7-4-17-3-1-2-11-27-22(17)28-19/h4-5,7-8,13H,1-3,6,9-12,14-15H2,(H,27,28). The van der Waals surface area contributed by atoms with E-state index >= 15 is 0 Å². The van der Waals surface area contributed by atoms with Crippen LogP contribution in [-0.2, 0) is 30.6 Å². The number of nitrogens with one attached hydrogen (secondary N) is 1. The summed E-state index contributed by atoms with van der Waals surface area (Å²) in [4.78, 5) is 17.7. The summed E-state index contributed by atoms with van der Waals surface area (Å²) in [6, 6.07) is 9.55. The number of anilines is 1. The first kappa shape index (κ1) is 21.5. The number of carbonyl (C=O) groups excluding carboxylic acids is 1. The predicted octanol–water partition coefficient (Wildman–Crippen LogP) is 4.29. The third kappa shape index (κ3) is 5.68. The molecule has 1 aromatic carbocycles. The van der Waals surface area contributed by atoms with Crippen LogP contribution in [0.3, 0.4) is 0 Å². The molecule has 0 spiro atoms. The molecular weight excluding hydrogens is 407 g/mol. The van der Waals surface area contributed by atoms with E-state index in [0.717, 1.165) is 47.8 Å². The Morgan fingerprint density at radius 1 is 1.03 bits per heavy atom. The Morgan fingerprint density at radius 3 is 2.71 bits per heavy atom. The number of hydrogen-bond acceptors (Lipinski definition) is 4. The third-order valence-electron chi connectivity index (χ3n) is 5.70. The molecule has 2 aliphatic rings. The smallest absolute Gasteiger partial charge is 0.406 e. The maximum Gasteiger partial charge on any atom is 0.406 e. The fourth-order valence-corrected chi connectivity index (χ4v) is 4.08. The van der Waals surface area contributed by atoms with Gasteiger partial charge in [-0.05, 0) is 60.6 Å². The summed E-state index contributed by atoms with van der Waals surface area (Å²) in [5.41, 5.74) is 3.78. The number of carbonyl (C=O) groups is 1. The van der Waals surface area contributed by atoms with Gasteiger partial charge in [-0.15, -0.1) is 0 Å². The molecule has 2 aliphatic heterocycles. The van der Waals surface area contributed by atoms with Crippen LogP contribution in [0.25, 0.3) is 0 Å². The van der Waals surface area contributed by atoms with Gasteiger partial charge in [0.1, 0.15) is 18.1 Å². The highest BCUT2D eigenvalue weighted by Crippen LogP contribution is 2.27. The Balaban J connectivity index is 1.39. The first-order valence-corrected chi connectivity index (χ1v) is 10.7. The first-order valence-electron chi connectivity index (χ1n) is 10.7. The lowest BCUT2D eigenvalue weighted by atomic mass is 10.0. The minimum absolute atomic E-state index is 0.0527. The van der Waals surface area contributed by atoms with Gasteiger partial charge in [0.25, 0.3) is 0 Å². The number of aromatic nitrogens is 1. The lowest BCUT2D eigenvalue weighted by molar-refractivity contribution is -0.162. The number of pyridine rings is 1. The van der Waals surface area contributed by atoms with Gasteiger partial charge in [-0.2, -0.15) is 13.2 Å². The van der Waals surface area contributed by atoms with Crippen LogP contribution >= 0.6 is 0 Å². The van der Waals surface area contributed by atoms with Gasteiger partial charge >= 0.3 is 6.18 Å². The number of aryl methyl sites for hydroxylation is 2. The molecule has 1 aromatic heterocycles. The first-order chi connectivity index (χ1) is 14.9. The largest absolute Gasteiger partial charge is 0.493 e. The van der Waals surface area contributed by atoms with Gasteiger partial charge in [-0.25, -0.2) is 4.98 Å². The van der Waals surface area contributed by atoms with Gasteiger partial charge in [-0.1, -0.05) is 12.1 Å². The third-order valence-corrected chi connectivity index (χ3v) is 5.70. The van der Waals surface area contributed by atoms with Crippen LogP contribution in [0.1, 0.15) is 41.6 Å². The van der Waals surface area contributed by atoms with Crippen LogP contribution in [0.4, 0.5) is 19.0 Å². The van der Waals surface area contributed by atoms with Crippen LogP contribution in [0.2, 0.25) is 0 Å². The number of hydrogen-bond donors (Lipinski definition) is 1. The van der Waals surface area contributed by atoms with Crippen molar-refractivity contribution < 1.29 is 22.7 Å². The summed E-state index contributed by atoms with van der Waals surface area (Å²) in [7, 11) is 0. The van der Waals surface area contributed by atoms with Crippen LogP contribution < -0.4 is 10.1 Å². The molecule has 31 heavy (non-hydrogen) atoms. The fraction of sp³-hybridized carbons (Fsp3) is 0.478. The summed E-state index contributed by atoms with van der Waals surface area (Å²) in [5, 5.41) is 3.37. The number of fused-ring (bicyclic) bond motifs is 2. The lowest BCUT2D eigenvalue weighted by Gasteiger charge is -2.22. The fourth-order valence-electron chi connectivity index (χ4n) is 4.08. The zero-order chi connectivity index (χ0) is 21.8. The molecule has 0 saturated heterocycles. The van der Waals surface area contributed by atoms with Gasteiger partial charge in [0.05, 0.1) is 6.61 Å². The van der Waals surface area contributed by atoms with Crippen molar-refractivity contribution in [2.75, 3.05) is 25.0 Å². The van der Waals surface area contributed by atoms with Crippen molar-refractivity contribution in [3.63, 3.8) is 0 Å². The van der Waals surface area contributed by atoms with Crippen molar-refractivity contribution in [3.05, 3.63) is 52.7 Å². The summed E-state index contributed by atoms with van der Waals surface area (Å²) in [6.07, 6.45) is 0.0770. The maximum absolute atomic E-state index is 12.8. The summed E-state index contributed by atoms with van der Waals surface area (Å²) < 4.78 is 44.3. The number of rotatable bonds is 5. The highest BCUT2D eigenvalue weighted by atomic mass is 19.4. The van der Waals surface area contributed by atoms with Crippen molar-refractivity contribution in [1.29, 1.82) is 0 Å². The van der Waals surface area contributed by atoms with Gasteiger partial charge in [0.15, 0.2) is 0 Å². The highest BCUT2D eigenvalue weighted by Gasteiger charge is 2.34. The Morgan fingerprint density at radius 2 is 1.87 bits per heavy atom. The van der Waals surface area contributed by atoms with E-state index in [1.54, 1.807) is 6.07 Å². The van der Waals surface area contributed by atoms with Crippen LogP contribution in [0, 0.1) is 0 Å². The molecule has 0 aliphatic carbocycles. The molecule has 0 fully saturated rings. The maximum atomic E-state index is 12.8. The quantitative estimate of drug-likeness (QED) is 0.765. The minimum Gasteiger partial charge on any atom is -0.493 e. The van der Waals surface area contributed by atoms with E-state index in [0.29, 0.717) is 30.8 Å². The molecule has 0 atom stereocenters. The highest BCUT2D eigenvalue weighted by molar-refractivity contribution is 5.77. The van der Waals surface area contributed by atoms with E-state index < -0.39 is 18.6 Å². The molecule has 0 unspecified atom stereocenters. The second-order valence-corrected chi connectivity index (χ2v) is 8.09. The molecule has 8 heteroatoms. The van der Waals surface area contributed by atoms with Gasteiger partial charge in [0, 0.05) is 31.6 Å². The van der Waals surface area contributed by atoms with E-state index in [1.807, 2.05) is 18.2 Å². The Hall–Kier alpha value is -2.77. The molecule has 166 valence electrons. The van der Waals surface area contributed by atoms with Crippen LogP contribution in [-0.4, -0.2) is 41.7 Å². The minimum atomic E-state index is -4.41. The van der Waals surface area contributed by atoms with E-state index in [-0.39, 0.29) is 13.0 Å². The second kappa shape index (κ2) is 9.16. The van der Waals surface area contributed by atoms with Crippen molar-refractivity contribution >= 4 is 11.7 Å². The summed E-state index contributed by atoms with van der Waals surface area (Å²) >= 11 is 0. The number of alkyl halides is 3. The molecule has 4 rings (SSSR count). The van der Waals surface area contributed by atoms with Gasteiger partial charge in [-0.3, -0.25) is 4.79 Å². The van der Waals surface area contributed by atoms with E-state index in [1.165, 1.54) is 5.56 Å². The average Bonchev–Trinajstić information content (AvgIpc) is 3.03. The molecule has 0 bridgehead atoms. The second-order valence-electron chi connectivity index (χ2n) is 8.09. The number of halogens is 3. The van der Waals surface area contributed by atoms with E-state index in [9.17, 15) is 18.0 Å². The molecule has 5 nitrogen and oxygen atoms in total. The van der Waals surface area contributed by atoms with Crippen LogP contribution in [0.15, 0.2) is 30.3 Å². The number of ether oxygens (including phenoxy) is 1.